The SMILES string of the molecule is CN(C)c1ccc2c(C3=C(c4c[nH]c5ccccc45)C(=O)NC3=O)cn(CCCN3CCCCC3)c2c1. The van der Waals surface area contributed by atoms with E-state index in [1.807, 2.05) is 44.6 Å². The largest absolute Gasteiger partial charge is 0.378 e. The van der Waals surface area contributed by atoms with Gasteiger partial charge in [-0.25, -0.2) is 0 Å². The van der Waals surface area contributed by atoms with E-state index in [0.29, 0.717) is 11.1 Å². The van der Waals surface area contributed by atoms with Gasteiger partial charge in [-0.15, -0.1) is 0 Å². The van der Waals surface area contributed by atoms with Gasteiger partial charge in [0.2, 0.25) is 0 Å². The number of aromatic nitrogens is 2. The third-order valence-electron chi connectivity index (χ3n) is 7.76. The van der Waals surface area contributed by atoms with E-state index in [4.69, 9.17) is 0 Å². The zero-order valence-corrected chi connectivity index (χ0v) is 21.5. The predicted octanol–water partition coefficient (Wildman–Crippen LogP) is 4.63. The molecule has 0 aliphatic carbocycles. The number of aromatic amines is 1. The predicted molar refractivity (Wildman–Crippen MR) is 149 cm³/mol. The summed E-state index contributed by atoms with van der Waals surface area (Å²) in [5, 5.41) is 4.49. The molecule has 2 aromatic heterocycles. The third kappa shape index (κ3) is 4.23. The van der Waals surface area contributed by atoms with Crippen molar-refractivity contribution in [2.75, 3.05) is 38.6 Å². The zero-order valence-electron chi connectivity index (χ0n) is 21.5. The highest BCUT2D eigenvalue weighted by Gasteiger charge is 2.35. The van der Waals surface area contributed by atoms with Crippen LogP contribution in [0, 0.1) is 0 Å². The molecule has 0 radical (unpaired) electrons. The van der Waals surface area contributed by atoms with Crippen LogP contribution < -0.4 is 10.2 Å². The fraction of sp³-hybridized carbons (Fsp3) is 0.333. The van der Waals surface area contributed by atoms with Gasteiger partial charge in [0.05, 0.1) is 16.7 Å². The normalized spacial score (nSPS) is 16.8. The number of anilines is 1. The van der Waals surface area contributed by atoms with Crippen LogP contribution in [-0.4, -0.2) is 60.0 Å². The lowest BCUT2D eigenvalue weighted by Gasteiger charge is -2.26. The van der Waals surface area contributed by atoms with Crippen molar-refractivity contribution in [1.82, 2.24) is 19.8 Å². The minimum Gasteiger partial charge on any atom is -0.378 e. The summed E-state index contributed by atoms with van der Waals surface area (Å²) in [6.07, 6.45) is 8.86. The number of hydrogen-bond acceptors (Lipinski definition) is 4. The summed E-state index contributed by atoms with van der Waals surface area (Å²) in [7, 11) is 4.07. The van der Waals surface area contributed by atoms with Gasteiger partial charge < -0.3 is 19.4 Å². The standard InChI is InChI=1S/C30H33N5O2/c1-33(2)20-11-12-22-24(19-35(26(22)17-20)16-8-15-34-13-6-3-7-14-34)28-27(29(36)32-30(28)37)23-18-31-25-10-5-4-9-21(23)25/h4-5,9-12,17-19,31H,3,6-8,13-16H2,1-2H3,(H,32,36,37). The van der Waals surface area contributed by atoms with Gasteiger partial charge in [-0.2, -0.15) is 0 Å². The summed E-state index contributed by atoms with van der Waals surface area (Å²) in [6.45, 7) is 4.30. The monoisotopic (exact) mass is 495 g/mol. The Labute approximate surface area is 216 Å². The molecule has 2 N–H and O–H groups in total. The molecule has 6 rings (SSSR count). The van der Waals surface area contributed by atoms with E-state index in [1.54, 1.807) is 0 Å². The van der Waals surface area contributed by atoms with E-state index in [-0.39, 0.29) is 11.8 Å². The smallest absolute Gasteiger partial charge is 0.259 e. The lowest BCUT2D eigenvalue weighted by atomic mass is 9.95. The average molecular weight is 496 g/mol. The lowest BCUT2D eigenvalue weighted by Crippen LogP contribution is -2.31. The van der Waals surface area contributed by atoms with Crippen molar-refractivity contribution < 1.29 is 9.59 Å². The summed E-state index contributed by atoms with van der Waals surface area (Å²) in [5.41, 5.74) is 5.57. The molecular formula is C30H33N5O2. The van der Waals surface area contributed by atoms with Gasteiger partial charge in [-0.1, -0.05) is 30.7 Å². The first-order chi connectivity index (χ1) is 18.0. The second kappa shape index (κ2) is 9.56. The number of nitrogens with one attached hydrogen (secondary N) is 2. The fourth-order valence-corrected chi connectivity index (χ4v) is 5.84. The number of carbonyl (C=O) groups excluding carboxylic acids is 2. The van der Waals surface area contributed by atoms with Crippen LogP contribution in [0.25, 0.3) is 33.0 Å². The van der Waals surface area contributed by atoms with Crippen molar-refractivity contribution in [3.05, 3.63) is 66.0 Å². The molecule has 0 saturated carbocycles. The molecule has 1 fully saturated rings. The van der Waals surface area contributed by atoms with Gasteiger partial charge in [0.25, 0.3) is 11.8 Å². The van der Waals surface area contributed by atoms with Crippen LogP contribution in [0.4, 0.5) is 5.69 Å². The molecule has 190 valence electrons. The number of likely N-dealkylation sites (tertiary alicyclic amines) is 1. The highest BCUT2D eigenvalue weighted by atomic mass is 16.2. The molecule has 2 amide bonds. The number of aryl methyl sites for hydroxylation is 1. The van der Waals surface area contributed by atoms with Gasteiger partial charge in [-0.05, 0) is 57.1 Å². The van der Waals surface area contributed by atoms with E-state index in [9.17, 15) is 9.59 Å². The van der Waals surface area contributed by atoms with E-state index < -0.39 is 0 Å². The molecule has 4 heterocycles. The van der Waals surface area contributed by atoms with Crippen molar-refractivity contribution in [2.45, 2.75) is 32.2 Å². The molecule has 0 spiro atoms. The van der Waals surface area contributed by atoms with Crippen LogP contribution >= 0.6 is 0 Å². The number of benzene rings is 2. The molecule has 0 bridgehead atoms. The highest BCUT2D eigenvalue weighted by Crippen LogP contribution is 2.39. The van der Waals surface area contributed by atoms with Crippen molar-refractivity contribution in [2.24, 2.45) is 0 Å². The number of imide groups is 1. The molecule has 0 unspecified atom stereocenters. The van der Waals surface area contributed by atoms with Crippen LogP contribution in [0.5, 0.6) is 0 Å². The minimum absolute atomic E-state index is 0.339. The lowest BCUT2D eigenvalue weighted by molar-refractivity contribution is -0.122. The van der Waals surface area contributed by atoms with E-state index in [0.717, 1.165) is 58.1 Å². The fourth-order valence-electron chi connectivity index (χ4n) is 5.84. The van der Waals surface area contributed by atoms with Crippen molar-refractivity contribution >= 4 is 50.5 Å². The second-order valence-electron chi connectivity index (χ2n) is 10.4. The van der Waals surface area contributed by atoms with Gasteiger partial charge >= 0.3 is 0 Å². The Morgan fingerprint density at radius 3 is 2.41 bits per heavy atom. The van der Waals surface area contributed by atoms with Crippen LogP contribution in [-0.2, 0) is 16.1 Å². The Kier molecular flexibility index (Phi) is 6.08. The Morgan fingerprint density at radius 1 is 0.865 bits per heavy atom. The zero-order chi connectivity index (χ0) is 25.5. The first-order valence-corrected chi connectivity index (χ1v) is 13.2. The van der Waals surface area contributed by atoms with Crippen LogP contribution in [0.15, 0.2) is 54.9 Å². The maximum absolute atomic E-state index is 13.3. The maximum Gasteiger partial charge on any atom is 0.259 e. The Bertz CT molecular complexity index is 1530. The summed E-state index contributed by atoms with van der Waals surface area (Å²) in [4.78, 5) is 34.3. The number of piperidine rings is 1. The number of amides is 2. The summed E-state index contributed by atoms with van der Waals surface area (Å²) in [6, 6.07) is 14.2. The van der Waals surface area contributed by atoms with Crippen molar-refractivity contribution in [3.8, 4) is 0 Å². The van der Waals surface area contributed by atoms with Gasteiger partial charge in [0.15, 0.2) is 0 Å². The minimum atomic E-state index is -0.347. The number of para-hydroxylation sites is 1. The summed E-state index contributed by atoms with van der Waals surface area (Å²) in [5.74, 6) is -0.685. The molecular weight excluding hydrogens is 462 g/mol. The first kappa shape index (κ1) is 23.6. The molecule has 7 nitrogen and oxygen atoms in total. The van der Waals surface area contributed by atoms with Gasteiger partial charge in [-0.3, -0.25) is 14.9 Å². The molecule has 37 heavy (non-hydrogen) atoms. The van der Waals surface area contributed by atoms with Crippen LogP contribution in [0.1, 0.15) is 36.8 Å². The quantitative estimate of drug-likeness (QED) is 0.367. The first-order valence-electron chi connectivity index (χ1n) is 13.2. The van der Waals surface area contributed by atoms with Crippen molar-refractivity contribution in [1.29, 1.82) is 0 Å². The topological polar surface area (TPSA) is 73.4 Å². The van der Waals surface area contributed by atoms with E-state index in [1.165, 1.54) is 32.4 Å². The number of carbonyl (C=O) groups is 2. The van der Waals surface area contributed by atoms with Crippen LogP contribution in [0.2, 0.25) is 0 Å². The van der Waals surface area contributed by atoms with Gasteiger partial charge in [0.1, 0.15) is 0 Å². The summed E-state index contributed by atoms with van der Waals surface area (Å²) >= 11 is 0. The second-order valence-corrected chi connectivity index (χ2v) is 10.4. The van der Waals surface area contributed by atoms with Gasteiger partial charge in [0, 0.05) is 66.1 Å². The molecule has 2 aliphatic heterocycles. The molecule has 0 atom stereocenters. The molecule has 7 heteroatoms. The molecule has 2 aromatic carbocycles. The van der Waals surface area contributed by atoms with E-state index >= 15 is 0 Å². The Balaban J connectivity index is 1.46. The van der Waals surface area contributed by atoms with E-state index in [2.05, 4.69) is 49.1 Å². The average Bonchev–Trinajstić information content (AvgIpc) is 3.57. The number of hydrogen-bond donors (Lipinski definition) is 2. The number of rotatable bonds is 7. The third-order valence-corrected chi connectivity index (χ3v) is 7.76. The number of H-pyrrole nitrogens is 1. The maximum atomic E-state index is 13.3. The molecule has 2 aliphatic rings. The molecule has 4 aromatic rings. The van der Waals surface area contributed by atoms with Crippen LogP contribution in [0.3, 0.4) is 0 Å². The van der Waals surface area contributed by atoms with Crippen molar-refractivity contribution in [3.63, 3.8) is 0 Å². The number of fused-ring (bicyclic) bond motifs is 2. The Hall–Kier alpha value is -3.84. The number of nitrogens with zero attached hydrogens (tertiary/aromatic N) is 3. The Morgan fingerprint density at radius 2 is 1.62 bits per heavy atom. The highest BCUT2D eigenvalue weighted by molar-refractivity contribution is 6.50. The summed E-state index contributed by atoms with van der Waals surface area (Å²) < 4.78 is 2.26. The molecule has 1 saturated heterocycles.